The van der Waals surface area contributed by atoms with Gasteiger partial charge >= 0.3 is 6.16 Å². The maximum absolute atomic E-state index is 11.0. The van der Waals surface area contributed by atoms with Crippen molar-refractivity contribution in [2.75, 3.05) is 0 Å². The molecule has 0 aliphatic carbocycles. The quantitative estimate of drug-likeness (QED) is 0.237. The molecule has 0 aliphatic rings. The van der Waals surface area contributed by atoms with Gasteiger partial charge in [-0.1, -0.05) is 6.58 Å². The molecular weight excluding hydrogens is 228 g/mol. The zero-order valence-corrected chi connectivity index (χ0v) is 10.9. The van der Waals surface area contributed by atoms with Gasteiger partial charge in [0.2, 0.25) is 0 Å². The summed E-state index contributed by atoms with van der Waals surface area (Å²) in [6.07, 6.45) is -0.992. The fourth-order valence-electron chi connectivity index (χ4n) is 0.585. The largest absolute Gasteiger partial charge is 0.540 e. The van der Waals surface area contributed by atoms with Gasteiger partial charge in [0.15, 0.2) is 0 Å². The van der Waals surface area contributed by atoms with Crippen molar-refractivity contribution in [3.63, 3.8) is 0 Å². The number of carbonyl (C=O) groups is 1. The lowest BCUT2D eigenvalue weighted by Crippen LogP contribution is -2.26. The lowest BCUT2D eigenvalue weighted by molar-refractivity contribution is -0.455. The summed E-state index contributed by atoms with van der Waals surface area (Å²) in [6.45, 7) is 12.2. The minimum absolute atomic E-state index is 0.292. The first-order chi connectivity index (χ1) is 7.74. The van der Waals surface area contributed by atoms with Gasteiger partial charge in [0.25, 0.3) is 6.29 Å². The summed E-state index contributed by atoms with van der Waals surface area (Å²) in [5.41, 5.74) is -0.511. The molecule has 0 aromatic heterocycles. The van der Waals surface area contributed by atoms with Crippen molar-refractivity contribution in [1.29, 1.82) is 0 Å². The molecule has 0 rings (SSSR count). The highest BCUT2D eigenvalue weighted by molar-refractivity contribution is 5.59. The summed E-state index contributed by atoms with van der Waals surface area (Å²) >= 11 is 0. The van der Waals surface area contributed by atoms with E-state index in [0.29, 0.717) is 0 Å². The Labute approximate surface area is 101 Å². The molecule has 100 valence electrons. The summed E-state index contributed by atoms with van der Waals surface area (Å²) in [7, 11) is 0. The van der Waals surface area contributed by atoms with Crippen molar-refractivity contribution < 1.29 is 29.1 Å². The number of rotatable bonds is 6. The van der Waals surface area contributed by atoms with Crippen molar-refractivity contribution in [1.82, 2.24) is 0 Å². The first-order valence-corrected chi connectivity index (χ1v) is 5.25. The van der Waals surface area contributed by atoms with Crippen LogP contribution in [0.5, 0.6) is 0 Å². The highest BCUT2D eigenvalue weighted by atomic mass is 17.3. The second-order valence-corrected chi connectivity index (χ2v) is 4.49. The molecule has 0 fully saturated rings. The van der Waals surface area contributed by atoms with Crippen molar-refractivity contribution in [2.45, 2.75) is 52.6 Å². The summed E-state index contributed by atoms with van der Waals surface area (Å²) in [6, 6.07) is 0. The van der Waals surface area contributed by atoms with E-state index in [1.54, 1.807) is 34.6 Å². The molecule has 0 bridgehead atoms. The predicted molar refractivity (Wildman–Crippen MR) is 59.7 cm³/mol. The fourth-order valence-corrected chi connectivity index (χ4v) is 0.585. The van der Waals surface area contributed by atoms with Gasteiger partial charge in [-0.3, -0.25) is 4.89 Å². The maximum atomic E-state index is 11.0. The zero-order valence-electron chi connectivity index (χ0n) is 10.9. The van der Waals surface area contributed by atoms with Crippen molar-refractivity contribution in [3.05, 3.63) is 12.7 Å². The third-order valence-electron chi connectivity index (χ3n) is 1.13. The molecule has 0 saturated heterocycles. The SMILES string of the molecule is C=CC(OOC(=O)OC(C)C)OOC(C)(C)C. The third-order valence-corrected chi connectivity index (χ3v) is 1.13. The lowest BCUT2D eigenvalue weighted by Gasteiger charge is -2.20. The molecule has 1 atom stereocenters. The molecule has 0 aromatic rings. The summed E-state index contributed by atoms with van der Waals surface area (Å²) in [5.74, 6) is 0. The average Bonchev–Trinajstić information content (AvgIpc) is 2.15. The van der Waals surface area contributed by atoms with Crippen LogP contribution in [0, 0.1) is 0 Å². The van der Waals surface area contributed by atoms with Crippen LogP contribution >= 0.6 is 0 Å². The molecule has 0 aliphatic heterocycles. The van der Waals surface area contributed by atoms with Crippen LogP contribution in [-0.4, -0.2) is 24.2 Å². The first kappa shape index (κ1) is 15.9. The Morgan fingerprint density at radius 2 is 1.82 bits per heavy atom. The Bertz CT molecular complexity index is 243. The highest BCUT2D eigenvalue weighted by Crippen LogP contribution is 2.10. The number of carbonyl (C=O) groups excluding carboxylic acids is 1. The van der Waals surface area contributed by atoms with Crippen molar-refractivity contribution in [2.24, 2.45) is 0 Å². The van der Waals surface area contributed by atoms with E-state index in [-0.39, 0.29) is 6.10 Å². The Morgan fingerprint density at radius 1 is 1.24 bits per heavy atom. The molecule has 0 spiro atoms. The smallest absolute Gasteiger partial charge is 0.430 e. The highest BCUT2D eigenvalue weighted by Gasteiger charge is 2.18. The van der Waals surface area contributed by atoms with Crippen LogP contribution in [0.2, 0.25) is 0 Å². The zero-order chi connectivity index (χ0) is 13.5. The standard InChI is InChI=1S/C11H20O6/c1-7-9(15-17-11(4,5)6)14-16-10(12)13-8(2)3/h7-9H,1H2,2-6H3. The van der Waals surface area contributed by atoms with Gasteiger partial charge in [-0.25, -0.2) is 9.68 Å². The molecule has 17 heavy (non-hydrogen) atoms. The van der Waals surface area contributed by atoms with Crippen LogP contribution in [0.25, 0.3) is 0 Å². The Balaban J connectivity index is 3.90. The Kier molecular flexibility index (Phi) is 6.79. The van der Waals surface area contributed by atoms with E-state index < -0.39 is 18.0 Å². The monoisotopic (exact) mass is 248 g/mol. The van der Waals surface area contributed by atoms with E-state index in [0.717, 1.165) is 0 Å². The van der Waals surface area contributed by atoms with Crippen LogP contribution in [0.3, 0.4) is 0 Å². The van der Waals surface area contributed by atoms with Gasteiger partial charge in [-0.05, 0) is 40.7 Å². The van der Waals surface area contributed by atoms with Gasteiger partial charge in [-0.15, -0.1) is 4.89 Å². The molecule has 0 N–H and O–H groups in total. The van der Waals surface area contributed by atoms with Crippen LogP contribution in [-0.2, 0) is 24.3 Å². The Hall–Kier alpha value is -1.11. The maximum Gasteiger partial charge on any atom is 0.540 e. The molecule has 0 radical (unpaired) electrons. The van der Waals surface area contributed by atoms with Gasteiger partial charge in [-0.2, -0.15) is 4.89 Å². The molecule has 0 amide bonds. The Morgan fingerprint density at radius 3 is 2.24 bits per heavy atom. The number of hydrogen-bond acceptors (Lipinski definition) is 6. The van der Waals surface area contributed by atoms with Gasteiger partial charge in [0.1, 0.15) is 0 Å². The fraction of sp³-hybridized carbons (Fsp3) is 0.727. The number of hydrogen-bond donors (Lipinski definition) is 0. The molecule has 6 heteroatoms. The minimum Gasteiger partial charge on any atom is -0.430 e. The van der Waals surface area contributed by atoms with Gasteiger partial charge < -0.3 is 4.74 Å². The van der Waals surface area contributed by atoms with Crippen LogP contribution in [0.1, 0.15) is 34.6 Å². The second kappa shape index (κ2) is 7.26. The van der Waals surface area contributed by atoms with Crippen LogP contribution < -0.4 is 0 Å². The normalized spacial score (nSPS) is 13.3. The van der Waals surface area contributed by atoms with Crippen LogP contribution in [0.4, 0.5) is 4.79 Å². The number of ether oxygens (including phenoxy) is 1. The van der Waals surface area contributed by atoms with Crippen molar-refractivity contribution >= 4 is 6.16 Å². The molecular formula is C11H20O6. The molecule has 0 saturated carbocycles. The predicted octanol–water partition coefficient (Wildman–Crippen LogP) is 2.74. The van der Waals surface area contributed by atoms with E-state index in [1.165, 1.54) is 6.08 Å². The van der Waals surface area contributed by atoms with Gasteiger partial charge in [0.05, 0.1) is 11.7 Å². The average molecular weight is 248 g/mol. The van der Waals surface area contributed by atoms with E-state index in [9.17, 15) is 4.79 Å². The van der Waals surface area contributed by atoms with E-state index >= 15 is 0 Å². The van der Waals surface area contributed by atoms with E-state index in [2.05, 4.69) is 21.1 Å². The first-order valence-electron chi connectivity index (χ1n) is 5.25. The van der Waals surface area contributed by atoms with Crippen molar-refractivity contribution in [3.8, 4) is 0 Å². The summed E-state index contributed by atoms with van der Waals surface area (Å²) < 4.78 is 4.67. The van der Waals surface area contributed by atoms with E-state index in [4.69, 9.17) is 9.78 Å². The topological polar surface area (TPSA) is 63.2 Å². The second-order valence-electron chi connectivity index (χ2n) is 4.49. The third kappa shape index (κ3) is 9.80. The molecule has 6 nitrogen and oxygen atoms in total. The van der Waals surface area contributed by atoms with Gasteiger partial charge in [0, 0.05) is 0 Å². The molecule has 1 unspecified atom stereocenters. The van der Waals surface area contributed by atoms with Crippen LogP contribution in [0.15, 0.2) is 12.7 Å². The van der Waals surface area contributed by atoms with E-state index in [1.807, 2.05) is 0 Å². The minimum atomic E-state index is -1.02. The lowest BCUT2D eigenvalue weighted by atomic mass is 10.2. The molecule has 0 heterocycles. The summed E-state index contributed by atoms with van der Waals surface area (Å²) in [5, 5.41) is 0. The molecule has 0 aromatic carbocycles. The summed E-state index contributed by atoms with van der Waals surface area (Å²) in [4.78, 5) is 29.7.